The zero-order valence-corrected chi connectivity index (χ0v) is 27.8. The van der Waals surface area contributed by atoms with Gasteiger partial charge in [0.1, 0.15) is 6.10 Å². The number of rotatable bonds is 4. The normalized spacial score (nSPS) is 45.0. The van der Waals surface area contributed by atoms with E-state index in [0.29, 0.717) is 39.6 Å². The molecule has 5 aliphatic carbocycles. The first-order chi connectivity index (χ1) is 20.1. The molecule has 0 amide bonds. The molecule has 6 rings (SSSR count). The van der Waals surface area contributed by atoms with Crippen molar-refractivity contribution in [2.45, 2.75) is 119 Å². The maximum atomic E-state index is 13.0. The van der Waals surface area contributed by atoms with Gasteiger partial charge in [0.2, 0.25) is 0 Å². The number of ether oxygens (including phenoxy) is 1. The van der Waals surface area contributed by atoms with E-state index in [9.17, 15) is 15.0 Å². The molecule has 0 aliphatic heterocycles. The van der Waals surface area contributed by atoms with E-state index in [1.807, 2.05) is 0 Å². The fraction of sp³-hybridized carbons (Fsp3) is 0.718. The largest absolute Gasteiger partial charge is 0.504 e. The molecule has 1 aromatic carbocycles. The monoisotopic (exact) mass is 588 g/mol. The molecule has 4 heteroatoms. The fourth-order valence-electron chi connectivity index (χ4n) is 12.7. The van der Waals surface area contributed by atoms with Crippen LogP contribution in [0.15, 0.2) is 36.4 Å². The van der Waals surface area contributed by atoms with Crippen LogP contribution in [0.25, 0.3) is 6.08 Å². The maximum Gasteiger partial charge on any atom is 0.331 e. The second kappa shape index (κ2) is 10.1. The number of carbonyl (C=O) groups excluding carboxylic acids is 1. The molecule has 5 aliphatic rings. The van der Waals surface area contributed by atoms with Gasteiger partial charge in [-0.25, -0.2) is 4.79 Å². The van der Waals surface area contributed by atoms with Crippen molar-refractivity contribution in [3.05, 3.63) is 42.0 Å². The molecule has 4 nitrogen and oxygen atoms in total. The summed E-state index contributed by atoms with van der Waals surface area (Å²) < 4.78 is 6.19. The number of aromatic hydroxyl groups is 2. The molecule has 0 spiro atoms. The molecule has 5 saturated carbocycles. The molecular weight excluding hydrogens is 532 g/mol. The zero-order valence-electron chi connectivity index (χ0n) is 27.8. The van der Waals surface area contributed by atoms with E-state index in [1.165, 1.54) is 75.1 Å². The van der Waals surface area contributed by atoms with Gasteiger partial charge < -0.3 is 14.9 Å². The SMILES string of the molecule is C=C(C)[C@@H]1CC[C@]2(C)CC[C@@]3(C)[C@@H](CC[C@@H]4[C@@]5(C)CC[C@@H](OC(=O)/C=C/c6ccc(O)c(O)c6)C(C)(C)[C@@H]5CC[C@]43C)[C@H]12. The molecule has 2 N–H and O–H groups in total. The Balaban J connectivity index is 1.22. The van der Waals surface area contributed by atoms with E-state index in [0.717, 1.165) is 24.7 Å². The first kappa shape index (κ1) is 30.8. The van der Waals surface area contributed by atoms with E-state index >= 15 is 0 Å². The number of benzene rings is 1. The van der Waals surface area contributed by atoms with Gasteiger partial charge in [0.05, 0.1) is 0 Å². The fourth-order valence-corrected chi connectivity index (χ4v) is 12.7. The molecule has 5 fully saturated rings. The Morgan fingerprint density at radius 3 is 2.30 bits per heavy atom. The quantitative estimate of drug-likeness (QED) is 0.159. The van der Waals surface area contributed by atoms with Crippen molar-refractivity contribution in [2.75, 3.05) is 0 Å². The lowest BCUT2D eigenvalue weighted by molar-refractivity contribution is -0.248. The summed E-state index contributed by atoms with van der Waals surface area (Å²) in [7, 11) is 0. The smallest absolute Gasteiger partial charge is 0.331 e. The van der Waals surface area contributed by atoms with Gasteiger partial charge in [-0.2, -0.15) is 0 Å². The summed E-state index contributed by atoms with van der Waals surface area (Å²) in [6.45, 7) is 22.1. The highest BCUT2D eigenvalue weighted by Crippen LogP contribution is 2.77. The van der Waals surface area contributed by atoms with Gasteiger partial charge in [0.15, 0.2) is 11.5 Å². The van der Waals surface area contributed by atoms with Crippen LogP contribution in [0.2, 0.25) is 0 Å². The first-order valence-corrected chi connectivity index (χ1v) is 17.1. The first-order valence-electron chi connectivity index (χ1n) is 17.1. The second-order valence-electron chi connectivity index (χ2n) is 17.2. The van der Waals surface area contributed by atoms with Crippen LogP contribution < -0.4 is 0 Å². The highest BCUT2D eigenvalue weighted by molar-refractivity contribution is 5.87. The lowest BCUT2D eigenvalue weighted by Gasteiger charge is -2.73. The van der Waals surface area contributed by atoms with Gasteiger partial charge in [-0.05, 0) is 146 Å². The number of esters is 1. The van der Waals surface area contributed by atoms with Gasteiger partial charge in [0.25, 0.3) is 0 Å². The maximum absolute atomic E-state index is 13.0. The molecule has 43 heavy (non-hydrogen) atoms. The van der Waals surface area contributed by atoms with Gasteiger partial charge >= 0.3 is 5.97 Å². The summed E-state index contributed by atoms with van der Waals surface area (Å²) >= 11 is 0. The molecule has 0 heterocycles. The van der Waals surface area contributed by atoms with Crippen LogP contribution in [0.3, 0.4) is 0 Å². The van der Waals surface area contributed by atoms with Crippen LogP contribution >= 0.6 is 0 Å². The topological polar surface area (TPSA) is 66.8 Å². The number of phenolic OH excluding ortho intramolecular Hbond substituents is 2. The van der Waals surface area contributed by atoms with Crippen molar-refractivity contribution >= 4 is 12.0 Å². The van der Waals surface area contributed by atoms with Gasteiger partial charge in [-0.15, -0.1) is 0 Å². The Labute approximate surface area is 260 Å². The molecule has 0 radical (unpaired) electrons. The molecule has 236 valence electrons. The highest BCUT2D eigenvalue weighted by atomic mass is 16.5. The van der Waals surface area contributed by atoms with Crippen molar-refractivity contribution in [2.24, 2.45) is 56.7 Å². The third-order valence-electron chi connectivity index (χ3n) is 15.1. The lowest BCUT2D eigenvalue weighted by atomic mass is 9.32. The van der Waals surface area contributed by atoms with Crippen molar-refractivity contribution in [1.82, 2.24) is 0 Å². The van der Waals surface area contributed by atoms with Crippen LogP contribution in [0, 0.1) is 56.7 Å². The summed E-state index contributed by atoms with van der Waals surface area (Å²) in [5.41, 5.74) is 3.40. The Kier molecular flexibility index (Phi) is 7.26. The predicted molar refractivity (Wildman–Crippen MR) is 173 cm³/mol. The molecular formula is C39H56O4. The lowest BCUT2D eigenvalue weighted by Crippen LogP contribution is -2.66. The minimum Gasteiger partial charge on any atom is -0.504 e. The summed E-state index contributed by atoms with van der Waals surface area (Å²) in [5.74, 6) is 2.79. The second-order valence-corrected chi connectivity index (χ2v) is 17.2. The van der Waals surface area contributed by atoms with Crippen molar-refractivity contribution in [3.63, 3.8) is 0 Å². The number of allylic oxidation sites excluding steroid dienone is 1. The summed E-state index contributed by atoms with van der Waals surface area (Å²) in [5, 5.41) is 19.4. The van der Waals surface area contributed by atoms with E-state index in [2.05, 4.69) is 55.0 Å². The number of hydrogen-bond donors (Lipinski definition) is 2. The van der Waals surface area contributed by atoms with E-state index in [-0.39, 0.29) is 34.4 Å². The highest BCUT2D eigenvalue weighted by Gasteiger charge is 2.70. The van der Waals surface area contributed by atoms with Gasteiger partial charge in [0, 0.05) is 11.5 Å². The standard InChI is InChI=1S/C39H56O4/c1-24(2)26-15-18-36(5)21-22-38(7)27(34(26)36)11-13-31-37(6)19-17-32(35(3,4)30(37)16-20-39(31,38)8)43-33(42)14-10-25-9-12-28(40)29(41)23-25/h9-10,12,14,23,26-27,30-32,34,40-41H,1,11,13,15-22H2,2-8H3/b14-10+/t26-,27-,30-,31+,32+,34-,36+,37-,38-,39+/m0/s1. The summed E-state index contributed by atoms with van der Waals surface area (Å²) in [6, 6.07) is 4.54. The van der Waals surface area contributed by atoms with Crippen LogP contribution in [0.5, 0.6) is 11.5 Å². The predicted octanol–water partition coefficient (Wildman–Crippen LogP) is 9.70. The molecule has 0 unspecified atom stereocenters. The molecule has 0 saturated heterocycles. The number of fused-ring (bicyclic) bond motifs is 7. The number of carbonyl (C=O) groups is 1. The van der Waals surface area contributed by atoms with E-state index in [4.69, 9.17) is 4.74 Å². The molecule has 10 atom stereocenters. The Morgan fingerprint density at radius 1 is 0.860 bits per heavy atom. The Hall–Kier alpha value is -2.23. The Morgan fingerprint density at radius 2 is 1.60 bits per heavy atom. The third-order valence-corrected chi connectivity index (χ3v) is 15.1. The third kappa shape index (κ3) is 4.46. The van der Waals surface area contributed by atoms with Crippen molar-refractivity contribution in [1.29, 1.82) is 0 Å². The van der Waals surface area contributed by atoms with Crippen molar-refractivity contribution in [3.8, 4) is 11.5 Å². The molecule has 0 bridgehead atoms. The molecule has 1 aromatic rings. The number of phenols is 2. The van der Waals surface area contributed by atoms with Crippen LogP contribution in [-0.4, -0.2) is 22.3 Å². The van der Waals surface area contributed by atoms with Gasteiger partial charge in [-0.1, -0.05) is 59.8 Å². The van der Waals surface area contributed by atoms with E-state index < -0.39 is 0 Å². The minimum absolute atomic E-state index is 0.103. The van der Waals surface area contributed by atoms with E-state index in [1.54, 1.807) is 12.1 Å². The van der Waals surface area contributed by atoms with Crippen LogP contribution in [-0.2, 0) is 9.53 Å². The number of hydrogen-bond acceptors (Lipinski definition) is 4. The zero-order chi connectivity index (χ0) is 31.2. The Bertz CT molecular complexity index is 1330. The summed E-state index contributed by atoms with van der Waals surface area (Å²) in [6.07, 6.45) is 15.6. The summed E-state index contributed by atoms with van der Waals surface area (Å²) in [4.78, 5) is 13.0. The van der Waals surface area contributed by atoms with Crippen molar-refractivity contribution < 1.29 is 19.7 Å². The van der Waals surface area contributed by atoms with Crippen LogP contribution in [0.4, 0.5) is 0 Å². The molecule has 0 aromatic heterocycles. The van der Waals surface area contributed by atoms with Gasteiger partial charge in [-0.3, -0.25) is 0 Å². The average Bonchev–Trinajstić information content (AvgIpc) is 3.29. The minimum atomic E-state index is -0.336. The average molecular weight is 589 g/mol. The van der Waals surface area contributed by atoms with Crippen LogP contribution in [0.1, 0.15) is 118 Å².